The van der Waals surface area contributed by atoms with Gasteiger partial charge in [-0.15, -0.1) is 0 Å². The van der Waals surface area contributed by atoms with Crippen LogP contribution in [0.2, 0.25) is 0 Å². The maximum Gasteiger partial charge on any atom is 0.277 e. The van der Waals surface area contributed by atoms with Crippen molar-refractivity contribution in [2.45, 2.75) is 0 Å². The van der Waals surface area contributed by atoms with Gasteiger partial charge in [0.15, 0.2) is 6.61 Å². The summed E-state index contributed by atoms with van der Waals surface area (Å²) in [5.74, 6) is -0.127. The largest absolute Gasteiger partial charge is 0.483 e. The van der Waals surface area contributed by atoms with E-state index in [4.69, 9.17) is 4.74 Å². The van der Waals surface area contributed by atoms with E-state index in [-0.39, 0.29) is 18.3 Å². The topological polar surface area (TPSA) is 50.7 Å². The summed E-state index contributed by atoms with van der Waals surface area (Å²) < 4.78 is 18.8. The molecule has 2 aromatic rings. The molecular formula is C15H12BrFN2O2. The highest BCUT2D eigenvalue weighted by atomic mass is 79.9. The molecule has 0 aromatic heterocycles. The molecule has 0 radical (unpaired) electrons. The van der Waals surface area contributed by atoms with Gasteiger partial charge in [-0.25, -0.2) is 9.82 Å². The number of hydrogen-bond donors (Lipinski definition) is 1. The Balaban J connectivity index is 1.80. The summed E-state index contributed by atoms with van der Waals surface area (Å²) >= 11 is 3.32. The van der Waals surface area contributed by atoms with Gasteiger partial charge in [0.2, 0.25) is 0 Å². The van der Waals surface area contributed by atoms with Crippen molar-refractivity contribution in [3.63, 3.8) is 0 Å². The molecule has 2 rings (SSSR count). The van der Waals surface area contributed by atoms with Gasteiger partial charge in [0.1, 0.15) is 11.6 Å². The van der Waals surface area contributed by atoms with Gasteiger partial charge >= 0.3 is 0 Å². The first-order chi connectivity index (χ1) is 10.1. The van der Waals surface area contributed by atoms with E-state index in [9.17, 15) is 9.18 Å². The molecule has 0 aliphatic carbocycles. The molecule has 0 saturated carbocycles. The van der Waals surface area contributed by atoms with Crippen molar-refractivity contribution >= 4 is 28.1 Å². The van der Waals surface area contributed by atoms with Crippen LogP contribution in [0.5, 0.6) is 5.75 Å². The number of nitrogens with zero attached hydrogens (tertiary/aromatic N) is 1. The fraction of sp³-hybridized carbons (Fsp3) is 0.0667. The normalized spacial score (nSPS) is 10.6. The molecule has 4 nitrogen and oxygen atoms in total. The van der Waals surface area contributed by atoms with Gasteiger partial charge in [-0.3, -0.25) is 4.79 Å². The number of rotatable bonds is 5. The van der Waals surface area contributed by atoms with E-state index in [1.54, 1.807) is 18.2 Å². The van der Waals surface area contributed by atoms with Crippen LogP contribution in [0.1, 0.15) is 5.56 Å². The van der Waals surface area contributed by atoms with E-state index in [0.29, 0.717) is 11.3 Å². The molecule has 0 spiro atoms. The second kappa shape index (κ2) is 7.54. The number of carbonyl (C=O) groups is 1. The van der Waals surface area contributed by atoms with E-state index >= 15 is 0 Å². The van der Waals surface area contributed by atoms with Crippen LogP contribution in [0.15, 0.2) is 58.1 Å². The molecule has 0 aliphatic rings. The number of nitrogens with one attached hydrogen (secondary N) is 1. The Kier molecular flexibility index (Phi) is 5.45. The molecule has 2 aromatic carbocycles. The Hall–Kier alpha value is -2.21. The standard InChI is InChI=1S/C15H12BrFN2O2/c16-13-3-1-2-4-14(13)21-10-15(20)19-18-9-11-5-7-12(17)8-6-11/h1-9H,10H2,(H,19,20). The second-order valence-corrected chi connectivity index (χ2v) is 4.92. The maximum atomic E-state index is 12.7. The predicted octanol–water partition coefficient (Wildman–Crippen LogP) is 3.12. The second-order valence-electron chi connectivity index (χ2n) is 4.06. The van der Waals surface area contributed by atoms with Crippen molar-refractivity contribution in [3.05, 3.63) is 64.4 Å². The highest BCUT2D eigenvalue weighted by Crippen LogP contribution is 2.23. The molecule has 0 heterocycles. The summed E-state index contributed by atoms with van der Waals surface area (Å²) in [6.07, 6.45) is 1.43. The summed E-state index contributed by atoms with van der Waals surface area (Å²) in [5.41, 5.74) is 3.02. The van der Waals surface area contributed by atoms with Crippen LogP contribution >= 0.6 is 15.9 Å². The summed E-state index contributed by atoms with van der Waals surface area (Å²) in [4.78, 5) is 11.5. The molecule has 0 unspecified atom stereocenters. The van der Waals surface area contributed by atoms with Crippen molar-refractivity contribution in [2.24, 2.45) is 5.10 Å². The smallest absolute Gasteiger partial charge is 0.277 e. The third kappa shape index (κ3) is 5.00. The van der Waals surface area contributed by atoms with Gasteiger partial charge < -0.3 is 4.74 Å². The van der Waals surface area contributed by atoms with Gasteiger partial charge in [-0.05, 0) is 45.8 Å². The van der Waals surface area contributed by atoms with Crippen LogP contribution in [0.25, 0.3) is 0 Å². The summed E-state index contributed by atoms with van der Waals surface area (Å²) in [6.45, 7) is -0.149. The molecule has 0 aliphatic heterocycles. The molecule has 1 N–H and O–H groups in total. The van der Waals surface area contributed by atoms with Gasteiger partial charge in [-0.2, -0.15) is 5.10 Å². The van der Waals surface area contributed by atoms with E-state index < -0.39 is 0 Å². The average molecular weight is 351 g/mol. The van der Waals surface area contributed by atoms with Gasteiger partial charge in [0.25, 0.3) is 5.91 Å². The number of benzene rings is 2. The van der Waals surface area contributed by atoms with Crippen LogP contribution in [0.4, 0.5) is 4.39 Å². The Bertz CT molecular complexity index is 644. The van der Waals surface area contributed by atoms with Crippen LogP contribution in [0.3, 0.4) is 0 Å². The zero-order valence-corrected chi connectivity index (χ0v) is 12.5. The van der Waals surface area contributed by atoms with Crippen molar-refractivity contribution in [3.8, 4) is 5.75 Å². The van der Waals surface area contributed by atoms with Crippen LogP contribution in [0, 0.1) is 5.82 Å². The highest BCUT2D eigenvalue weighted by molar-refractivity contribution is 9.10. The van der Waals surface area contributed by atoms with Crippen molar-refractivity contribution < 1.29 is 13.9 Å². The number of hydrazone groups is 1. The van der Waals surface area contributed by atoms with Crippen molar-refractivity contribution in [1.82, 2.24) is 5.43 Å². The van der Waals surface area contributed by atoms with Crippen molar-refractivity contribution in [2.75, 3.05) is 6.61 Å². The van der Waals surface area contributed by atoms with Crippen molar-refractivity contribution in [1.29, 1.82) is 0 Å². The lowest BCUT2D eigenvalue weighted by Gasteiger charge is -2.06. The van der Waals surface area contributed by atoms with E-state index in [2.05, 4.69) is 26.5 Å². The molecule has 6 heteroatoms. The summed E-state index contributed by atoms with van der Waals surface area (Å²) in [7, 11) is 0. The quantitative estimate of drug-likeness (QED) is 0.665. The lowest BCUT2D eigenvalue weighted by Crippen LogP contribution is -2.24. The Morgan fingerprint density at radius 2 is 1.95 bits per heavy atom. The Morgan fingerprint density at radius 3 is 2.67 bits per heavy atom. The zero-order valence-electron chi connectivity index (χ0n) is 10.9. The van der Waals surface area contributed by atoms with Crippen LogP contribution in [-0.4, -0.2) is 18.7 Å². The molecule has 0 atom stereocenters. The Morgan fingerprint density at radius 1 is 1.24 bits per heavy atom. The number of halogens is 2. The van der Waals surface area contributed by atoms with Gasteiger partial charge in [0.05, 0.1) is 10.7 Å². The molecule has 0 fully saturated rings. The van der Waals surface area contributed by atoms with E-state index in [1.807, 2.05) is 18.2 Å². The zero-order chi connectivity index (χ0) is 15.1. The third-order valence-corrected chi connectivity index (χ3v) is 3.12. The van der Waals surface area contributed by atoms with Crippen LogP contribution < -0.4 is 10.2 Å². The monoisotopic (exact) mass is 350 g/mol. The molecule has 1 amide bonds. The molecule has 0 saturated heterocycles. The summed E-state index contributed by atoms with van der Waals surface area (Å²) in [5, 5.41) is 3.77. The number of carbonyl (C=O) groups excluding carboxylic acids is 1. The van der Waals surface area contributed by atoms with Gasteiger partial charge in [0, 0.05) is 0 Å². The Labute approximate surface area is 129 Å². The third-order valence-electron chi connectivity index (χ3n) is 2.47. The average Bonchev–Trinajstić information content (AvgIpc) is 2.48. The molecule has 21 heavy (non-hydrogen) atoms. The van der Waals surface area contributed by atoms with E-state index in [0.717, 1.165) is 4.47 Å². The van der Waals surface area contributed by atoms with E-state index in [1.165, 1.54) is 18.3 Å². The number of ether oxygens (including phenoxy) is 1. The number of amides is 1. The minimum absolute atomic E-state index is 0.149. The lowest BCUT2D eigenvalue weighted by molar-refractivity contribution is -0.123. The van der Waals surface area contributed by atoms with Crippen LogP contribution in [-0.2, 0) is 4.79 Å². The SMILES string of the molecule is O=C(COc1ccccc1Br)NN=Cc1ccc(F)cc1. The maximum absolute atomic E-state index is 12.7. The summed E-state index contributed by atoms with van der Waals surface area (Å²) in [6, 6.07) is 13.0. The first-order valence-electron chi connectivity index (χ1n) is 6.10. The van der Waals surface area contributed by atoms with Gasteiger partial charge in [-0.1, -0.05) is 24.3 Å². The fourth-order valence-corrected chi connectivity index (χ4v) is 1.86. The minimum atomic E-state index is -0.385. The minimum Gasteiger partial charge on any atom is -0.483 e. The predicted molar refractivity (Wildman–Crippen MR) is 81.8 cm³/mol. The molecule has 108 valence electrons. The first kappa shape index (κ1) is 15.2. The lowest BCUT2D eigenvalue weighted by atomic mass is 10.2. The first-order valence-corrected chi connectivity index (χ1v) is 6.89. The fourth-order valence-electron chi connectivity index (χ4n) is 1.47. The molecular weight excluding hydrogens is 339 g/mol. The number of para-hydroxylation sites is 1. The number of hydrogen-bond acceptors (Lipinski definition) is 3. The molecule has 0 bridgehead atoms. The highest BCUT2D eigenvalue weighted by Gasteiger charge is 2.03.